The molecule has 0 spiro atoms. The van der Waals surface area contributed by atoms with Crippen LogP contribution in [0.2, 0.25) is 0 Å². The first-order valence-corrected chi connectivity index (χ1v) is 7.57. The zero-order valence-electron chi connectivity index (χ0n) is 13.6. The fraction of sp³-hybridized carbons (Fsp3) is 0.643. The molecule has 4 atom stereocenters. The zero-order valence-corrected chi connectivity index (χ0v) is 13.6. The monoisotopic (exact) mass is 341 g/mol. The van der Waals surface area contributed by atoms with Gasteiger partial charge in [0.15, 0.2) is 17.4 Å². The lowest BCUT2D eigenvalue weighted by atomic mass is 9.87. The number of hydrogen-bond acceptors (Lipinski definition) is 8. The lowest BCUT2D eigenvalue weighted by Gasteiger charge is -2.28. The summed E-state index contributed by atoms with van der Waals surface area (Å²) in [6, 6.07) is 0. The van der Waals surface area contributed by atoms with E-state index in [1.54, 1.807) is 6.92 Å². The minimum absolute atomic E-state index is 0.0490. The number of ether oxygens (including phenoxy) is 2. The van der Waals surface area contributed by atoms with Crippen LogP contribution in [-0.2, 0) is 4.74 Å². The number of aromatic nitrogens is 4. The van der Waals surface area contributed by atoms with E-state index in [0.717, 1.165) is 0 Å². The minimum atomic E-state index is -2.38. The number of alkyl halides is 1. The molecule has 132 valence electrons. The van der Waals surface area contributed by atoms with Crippen LogP contribution in [0.3, 0.4) is 0 Å². The molecule has 3 heterocycles. The summed E-state index contributed by atoms with van der Waals surface area (Å²) in [7, 11) is 0. The summed E-state index contributed by atoms with van der Waals surface area (Å²) in [5.74, 6) is -3.22. The predicted molar refractivity (Wildman–Crippen MR) is 81.7 cm³/mol. The Labute approximate surface area is 137 Å². The quantitative estimate of drug-likeness (QED) is 0.728. The maximum absolute atomic E-state index is 14.7. The topological polar surface area (TPSA) is 129 Å². The average Bonchev–Trinajstić information content (AvgIpc) is 3.01. The van der Waals surface area contributed by atoms with E-state index < -0.39 is 30.2 Å². The molecule has 1 aliphatic heterocycles. The molecule has 1 saturated heterocycles. The van der Waals surface area contributed by atoms with Crippen molar-refractivity contribution in [2.45, 2.75) is 38.5 Å². The highest BCUT2D eigenvalue weighted by Gasteiger charge is 2.60. The molecule has 0 amide bonds. The van der Waals surface area contributed by atoms with E-state index >= 15 is 0 Å². The molecule has 2 aromatic rings. The molecule has 0 saturated carbocycles. The largest absolute Gasteiger partial charge is 0.476 e. The van der Waals surface area contributed by atoms with Gasteiger partial charge in [-0.05, 0) is 13.8 Å². The molecule has 10 heteroatoms. The van der Waals surface area contributed by atoms with Crippen LogP contribution in [0.15, 0.2) is 6.33 Å². The second-order valence-electron chi connectivity index (χ2n) is 6.01. The Balaban J connectivity index is 2.13. The van der Waals surface area contributed by atoms with E-state index in [9.17, 15) is 14.6 Å². The van der Waals surface area contributed by atoms with Crippen LogP contribution in [0.25, 0.3) is 11.2 Å². The molecule has 0 bridgehead atoms. The van der Waals surface area contributed by atoms with Crippen LogP contribution >= 0.6 is 0 Å². The Bertz CT molecular complexity index is 767. The van der Waals surface area contributed by atoms with E-state index in [1.165, 1.54) is 24.7 Å². The standard InChI is InChI=1S/C14H20FN5O4/c1-4-23-10-8-9(18-12(16)19-10)20(6-17-8)11-13(3,22)7(2)14(15,5-21)24-11/h6-7,11,21-22H,4-5H2,1-3H3,(H2,16,18,19)/t7-,11+,13+,14+/m0/s1. The third-order valence-electron chi connectivity index (χ3n) is 4.49. The van der Waals surface area contributed by atoms with Crippen molar-refractivity contribution >= 4 is 17.1 Å². The van der Waals surface area contributed by atoms with E-state index in [-0.39, 0.29) is 17.5 Å². The number of hydrogen-bond donors (Lipinski definition) is 3. The van der Waals surface area contributed by atoms with Crippen molar-refractivity contribution < 1.29 is 24.1 Å². The van der Waals surface area contributed by atoms with Gasteiger partial charge in [-0.25, -0.2) is 9.37 Å². The number of aliphatic hydroxyl groups is 2. The van der Waals surface area contributed by atoms with Crippen LogP contribution in [0.1, 0.15) is 27.0 Å². The Morgan fingerprint density at radius 3 is 2.79 bits per heavy atom. The number of nitrogens with zero attached hydrogens (tertiary/aromatic N) is 4. The number of imidazole rings is 1. The SMILES string of the molecule is CCOc1nc(N)nc2c1ncn2[C@@H]1O[C@](F)(CO)[C@@H](C)[C@@]1(C)O. The van der Waals surface area contributed by atoms with Crippen molar-refractivity contribution in [2.75, 3.05) is 18.9 Å². The van der Waals surface area contributed by atoms with Gasteiger partial charge >= 0.3 is 0 Å². The lowest BCUT2D eigenvalue weighted by Crippen LogP contribution is -2.42. The second-order valence-corrected chi connectivity index (χ2v) is 6.01. The highest BCUT2D eigenvalue weighted by atomic mass is 19.2. The van der Waals surface area contributed by atoms with Crippen LogP contribution in [0.5, 0.6) is 5.88 Å². The van der Waals surface area contributed by atoms with Gasteiger partial charge in [0.05, 0.1) is 18.9 Å². The van der Waals surface area contributed by atoms with Crippen molar-refractivity contribution in [2.24, 2.45) is 5.92 Å². The summed E-state index contributed by atoms with van der Waals surface area (Å²) >= 11 is 0. The first-order chi connectivity index (χ1) is 11.2. The van der Waals surface area contributed by atoms with Crippen LogP contribution < -0.4 is 10.5 Å². The van der Waals surface area contributed by atoms with E-state index in [1.807, 2.05) is 0 Å². The normalized spacial score (nSPS) is 33.2. The van der Waals surface area contributed by atoms with Gasteiger partial charge in [-0.2, -0.15) is 9.97 Å². The number of anilines is 1. The van der Waals surface area contributed by atoms with E-state index in [4.69, 9.17) is 15.2 Å². The van der Waals surface area contributed by atoms with Gasteiger partial charge < -0.3 is 25.4 Å². The number of fused-ring (bicyclic) bond motifs is 1. The van der Waals surface area contributed by atoms with Gasteiger partial charge in [0.25, 0.3) is 0 Å². The third-order valence-corrected chi connectivity index (χ3v) is 4.49. The van der Waals surface area contributed by atoms with Gasteiger partial charge in [-0.15, -0.1) is 0 Å². The van der Waals surface area contributed by atoms with E-state index in [2.05, 4.69) is 15.0 Å². The molecular weight excluding hydrogens is 321 g/mol. The molecule has 24 heavy (non-hydrogen) atoms. The number of nitrogen functional groups attached to an aromatic ring is 1. The maximum atomic E-state index is 14.7. The van der Waals surface area contributed by atoms with Gasteiger partial charge in [0.2, 0.25) is 17.7 Å². The number of nitrogens with two attached hydrogens (primary N) is 1. The van der Waals surface area contributed by atoms with Crippen molar-refractivity contribution in [1.82, 2.24) is 19.5 Å². The fourth-order valence-electron chi connectivity index (χ4n) is 2.89. The maximum Gasteiger partial charge on any atom is 0.247 e. The molecule has 0 unspecified atom stereocenters. The second kappa shape index (κ2) is 5.50. The van der Waals surface area contributed by atoms with Crippen LogP contribution in [0.4, 0.5) is 10.3 Å². The summed E-state index contributed by atoms with van der Waals surface area (Å²) in [6.45, 7) is 4.15. The molecule has 9 nitrogen and oxygen atoms in total. The Morgan fingerprint density at radius 2 is 2.21 bits per heavy atom. The molecule has 0 aliphatic carbocycles. The van der Waals surface area contributed by atoms with Gasteiger partial charge in [0, 0.05) is 0 Å². The van der Waals surface area contributed by atoms with Gasteiger partial charge in [-0.3, -0.25) is 4.57 Å². The van der Waals surface area contributed by atoms with Crippen LogP contribution in [-0.4, -0.2) is 54.4 Å². The Morgan fingerprint density at radius 1 is 1.50 bits per heavy atom. The Kier molecular flexibility index (Phi) is 3.85. The first-order valence-electron chi connectivity index (χ1n) is 7.57. The molecule has 1 fully saturated rings. The molecule has 4 N–H and O–H groups in total. The zero-order chi connectivity index (χ0) is 17.7. The highest BCUT2D eigenvalue weighted by molar-refractivity contribution is 5.77. The highest BCUT2D eigenvalue weighted by Crippen LogP contribution is 2.49. The Hall–Kier alpha value is -2.04. The summed E-state index contributed by atoms with van der Waals surface area (Å²) in [5, 5.41) is 20.0. The minimum Gasteiger partial charge on any atom is -0.476 e. The van der Waals surface area contributed by atoms with Crippen molar-refractivity contribution in [3.8, 4) is 5.88 Å². The van der Waals surface area contributed by atoms with Gasteiger partial charge in [0.1, 0.15) is 12.2 Å². The molecule has 2 aromatic heterocycles. The fourth-order valence-corrected chi connectivity index (χ4v) is 2.89. The summed E-state index contributed by atoms with van der Waals surface area (Å²) in [4.78, 5) is 12.2. The number of aliphatic hydroxyl groups excluding tert-OH is 1. The average molecular weight is 341 g/mol. The number of halogens is 1. The van der Waals surface area contributed by atoms with Crippen molar-refractivity contribution in [3.05, 3.63) is 6.33 Å². The van der Waals surface area contributed by atoms with Crippen molar-refractivity contribution in [1.29, 1.82) is 0 Å². The first kappa shape index (κ1) is 16.8. The molecule has 1 aliphatic rings. The molecule has 0 radical (unpaired) electrons. The predicted octanol–water partition coefficient (Wildman–Crippen LogP) is 0.381. The summed E-state index contributed by atoms with van der Waals surface area (Å²) in [5.41, 5.74) is 4.64. The molecule has 3 rings (SSSR count). The summed E-state index contributed by atoms with van der Waals surface area (Å²) in [6.07, 6.45) is 0.189. The summed E-state index contributed by atoms with van der Waals surface area (Å²) < 4.78 is 26.8. The van der Waals surface area contributed by atoms with Crippen molar-refractivity contribution in [3.63, 3.8) is 0 Å². The van der Waals surface area contributed by atoms with E-state index in [0.29, 0.717) is 12.1 Å². The lowest BCUT2D eigenvalue weighted by molar-refractivity contribution is -0.192. The third kappa shape index (κ3) is 2.29. The molecular formula is C14H20FN5O4. The van der Waals surface area contributed by atoms with Crippen LogP contribution in [0, 0.1) is 5.92 Å². The smallest absolute Gasteiger partial charge is 0.247 e. The van der Waals surface area contributed by atoms with Gasteiger partial charge in [-0.1, -0.05) is 6.92 Å². The number of rotatable bonds is 4. The molecule has 0 aromatic carbocycles.